The normalized spacial score (nSPS) is 14.1. The third kappa shape index (κ3) is 24.1. The number of amidine groups is 8. The third-order valence-electron chi connectivity index (χ3n) is 23.4. The Bertz CT molecular complexity index is 3060. The molecule has 0 unspecified atom stereocenters. The van der Waals surface area contributed by atoms with E-state index in [4.69, 9.17) is 39.9 Å². The molecule has 0 amide bonds. The van der Waals surface area contributed by atoms with Gasteiger partial charge in [-0.3, -0.25) is 0 Å². The minimum absolute atomic E-state index is 0.756. The summed E-state index contributed by atoms with van der Waals surface area (Å²) in [7, 11) is 0. The van der Waals surface area contributed by atoms with Crippen molar-refractivity contribution in [3.8, 4) is 0 Å². The van der Waals surface area contributed by atoms with Crippen molar-refractivity contribution in [2.75, 3.05) is 0 Å². The number of fused-ring (bicyclic) bond motifs is 16. The van der Waals surface area contributed by atoms with E-state index in [2.05, 4.69) is 104 Å². The Kier molecular flexibility index (Phi) is 37.3. The van der Waals surface area contributed by atoms with E-state index >= 15 is 0 Å². The van der Waals surface area contributed by atoms with E-state index in [1.807, 2.05) is 0 Å². The Morgan fingerprint density at radius 3 is 0.337 bits per heavy atom. The van der Waals surface area contributed by atoms with Gasteiger partial charge in [0, 0.05) is 44.5 Å². The molecule has 104 heavy (non-hydrogen) atoms. The highest BCUT2D eigenvalue weighted by molar-refractivity contribution is 6.36. The van der Waals surface area contributed by atoms with Crippen LogP contribution in [0.1, 0.15) is 453 Å². The molecule has 0 saturated heterocycles. The molecule has 0 saturated carbocycles. The molecule has 0 fully saturated rings. The van der Waals surface area contributed by atoms with Crippen molar-refractivity contribution in [3.63, 3.8) is 0 Å². The Morgan fingerprint density at radius 2 is 0.231 bits per heavy atom. The molecule has 568 valence electrons. The van der Waals surface area contributed by atoms with Gasteiger partial charge in [-0.2, -0.15) is 0 Å². The summed E-state index contributed by atoms with van der Waals surface area (Å²) in [5.74, 6) is 6.04. The van der Waals surface area contributed by atoms with Crippen LogP contribution < -0.4 is 0 Å². The second-order valence-electron chi connectivity index (χ2n) is 32.2. The number of benzene rings is 4. The first-order chi connectivity index (χ1) is 51.4. The summed E-state index contributed by atoms with van der Waals surface area (Å²) in [5.41, 5.74) is 20.0. The van der Waals surface area contributed by atoms with Gasteiger partial charge in [-0.1, -0.05) is 361 Å². The van der Waals surface area contributed by atoms with Crippen LogP contribution in [0.25, 0.3) is 0 Å². The lowest BCUT2D eigenvalue weighted by molar-refractivity contribution is 0.605. The summed E-state index contributed by atoms with van der Waals surface area (Å²) in [6.45, 7) is 18.6. The summed E-state index contributed by atoms with van der Waals surface area (Å²) < 4.78 is 0. The molecule has 8 heteroatoms. The molecule has 0 aromatic heterocycles. The highest BCUT2D eigenvalue weighted by atomic mass is 15.1. The van der Waals surface area contributed by atoms with E-state index < -0.39 is 0 Å². The fourth-order valence-corrected chi connectivity index (χ4v) is 17.1. The van der Waals surface area contributed by atoms with Gasteiger partial charge in [0.1, 0.15) is 0 Å². The van der Waals surface area contributed by atoms with Crippen LogP contribution in [-0.4, -0.2) is 46.7 Å². The summed E-state index contributed by atoms with van der Waals surface area (Å²) in [5, 5.41) is 0. The zero-order chi connectivity index (χ0) is 72.8. The van der Waals surface area contributed by atoms with Gasteiger partial charge in [-0.05, 0) is 147 Å². The van der Waals surface area contributed by atoms with E-state index in [0.717, 1.165) is 149 Å². The maximum Gasteiger partial charge on any atom is 0.165 e. The highest BCUT2D eigenvalue weighted by Gasteiger charge is 2.37. The minimum Gasteiger partial charge on any atom is -0.208 e. The number of aryl methyl sites for hydroxylation is 8. The third-order valence-corrected chi connectivity index (χ3v) is 23.4. The van der Waals surface area contributed by atoms with Gasteiger partial charge >= 0.3 is 0 Å². The van der Waals surface area contributed by atoms with Crippen LogP contribution >= 0.6 is 0 Å². The second-order valence-corrected chi connectivity index (χ2v) is 32.2. The van der Waals surface area contributed by atoms with Crippen LogP contribution in [0.2, 0.25) is 0 Å². The molecular formula is C96H144N8. The van der Waals surface area contributed by atoms with Crippen LogP contribution in [-0.2, 0) is 51.4 Å². The smallest absolute Gasteiger partial charge is 0.165 e. The SMILES string of the molecule is CCCCCCCCc1ccc(CCCCCCCC)c2c1C1=NC2=NC2=NC(=NC3=NC(=NC4=NC(=N1)c1c(CCCCCCCC)ccc(CCCCCCCC)c14)c1c(CCCCCCCC)ccc(CCCCCCCC)c13)c1c(CCCCCCCC)ccc(CCCCCCCC)c12. The molecule has 4 aromatic rings. The lowest BCUT2D eigenvalue weighted by Crippen LogP contribution is -2.12. The van der Waals surface area contributed by atoms with Crippen molar-refractivity contribution in [2.45, 2.75) is 415 Å². The first-order valence-corrected chi connectivity index (χ1v) is 44.7. The zero-order valence-corrected chi connectivity index (χ0v) is 67.8. The van der Waals surface area contributed by atoms with Crippen molar-refractivity contribution in [1.29, 1.82) is 0 Å². The predicted molar refractivity (Wildman–Crippen MR) is 455 cm³/mol. The predicted octanol–water partition coefficient (Wildman–Crippen LogP) is 28.1. The van der Waals surface area contributed by atoms with E-state index in [1.165, 1.54) is 346 Å². The molecule has 0 spiro atoms. The van der Waals surface area contributed by atoms with Crippen molar-refractivity contribution < 1.29 is 0 Å². The van der Waals surface area contributed by atoms with Gasteiger partial charge < -0.3 is 0 Å². The van der Waals surface area contributed by atoms with Gasteiger partial charge in [0.25, 0.3) is 0 Å². The summed E-state index contributed by atoms with van der Waals surface area (Å²) in [4.78, 5) is 48.1. The maximum absolute atomic E-state index is 6.08. The lowest BCUT2D eigenvalue weighted by Gasteiger charge is -2.16. The number of hydrogen-bond donors (Lipinski definition) is 0. The Labute approximate surface area is 635 Å². The highest BCUT2D eigenvalue weighted by Crippen LogP contribution is 2.40. The molecule has 0 radical (unpaired) electrons. The molecular weight excluding hydrogens is 1270 g/mol. The Morgan fingerprint density at radius 1 is 0.135 bits per heavy atom. The van der Waals surface area contributed by atoms with Crippen LogP contribution in [0.5, 0.6) is 0 Å². The van der Waals surface area contributed by atoms with Gasteiger partial charge in [0.05, 0.1) is 0 Å². The van der Waals surface area contributed by atoms with E-state index in [9.17, 15) is 0 Å². The number of hydrogen-bond acceptors (Lipinski definition) is 8. The fraction of sp³-hybridized carbons (Fsp3) is 0.667. The molecule has 0 N–H and O–H groups in total. The number of aliphatic imine (C=N–C) groups is 8. The van der Waals surface area contributed by atoms with Gasteiger partial charge in [0.2, 0.25) is 0 Å². The second kappa shape index (κ2) is 47.1. The fourth-order valence-electron chi connectivity index (χ4n) is 17.1. The topological polar surface area (TPSA) is 98.9 Å². The first-order valence-electron chi connectivity index (χ1n) is 44.7. The van der Waals surface area contributed by atoms with E-state index in [0.29, 0.717) is 0 Å². The number of nitrogens with zero attached hydrogens (tertiary/aromatic N) is 8. The van der Waals surface area contributed by atoms with Gasteiger partial charge in [-0.15, -0.1) is 0 Å². The molecule has 8 bridgehead atoms. The molecule has 4 aromatic carbocycles. The van der Waals surface area contributed by atoms with Crippen molar-refractivity contribution in [1.82, 2.24) is 0 Å². The first kappa shape index (κ1) is 82.3. The average Bonchev–Trinajstić information content (AvgIpc) is 1.58. The van der Waals surface area contributed by atoms with E-state index in [1.54, 1.807) is 0 Å². The minimum atomic E-state index is 0.756. The largest absolute Gasteiger partial charge is 0.208 e. The van der Waals surface area contributed by atoms with Crippen LogP contribution in [0.15, 0.2) is 88.5 Å². The molecule has 0 aliphatic carbocycles. The van der Waals surface area contributed by atoms with Crippen molar-refractivity contribution >= 4 is 46.7 Å². The monoisotopic (exact) mass is 1410 g/mol. The lowest BCUT2D eigenvalue weighted by atomic mass is 9.89. The zero-order valence-electron chi connectivity index (χ0n) is 67.8. The van der Waals surface area contributed by atoms with Crippen LogP contribution in [0.3, 0.4) is 0 Å². The quantitative estimate of drug-likeness (QED) is 0.0394. The average molecular weight is 1410 g/mol. The van der Waals surface area contributed by atoms with Crippen molar-refractivity contribution in [2.24, 2.45) is 39.9 Å². The number of rotatable bonds is 56. The Balaban J connectivity index is 1.35. The molecule has 0 atom stereocenters. The standard InChI is InChI=1S/C96H144N8/c1-9-17-25-33-41-49-57-73-65-66-74(58-50-42-34-26-18-10-2)82-81(73)89-97-90(82)102-92-85-77(61-53-45-37-29-21-13-5)69-70-78(62-54-46-38-30-22-14-6)86(85)94(99-92)104-96-88-80(64-56-48-40-32-24-16-8)72-71-79(63-55-47-39-31-23-15-7)87(88)95(100-96)103-93-84-76(60-52-44-36-28-20-12-4)68-67-75(83(84)91(98-93)101-89)59-51-43-35-27-19-11-3/h65-72H,9-64H2,1-8H3. The Hall–Kier alpha value is -5.76. The van der Waals surface area contributed by atoms with Crippen LogP contribution in [0, 0.1) is 0 Å². The summed E-state index contributed by atoms with van der Waals surface area (Å²) >= 11 is 0. The molecule has 5 heterocycles. The maximum atomic E-state index is 6.08. The van der Waals surface area contributed by atoms with Crippen LogP contribution in [0.4, 0.5) is 0 Å². The summed E-state index contributed by atoms with van der Waals surface area (Å²) in [6.07, 6.45) is 67.5. The number of unbranched alkanes of at least 4 members (excludes halogenated alkanes) is 40. The van der Waals surface area contributed by atoms with E-state index in [-0.39, 0.29) is 0 Å². The molecule has 5 aliphatic rings. The molecule has 9 rings (SSSR count). The van der Waals surface area contributed by atoms with Gasteiger partial charge in [0.15, 0.2) is 46.7 Å². The summed E-state index contributed by atoms with van der Waals surface area (Å²) in [6, 6.07) is 19.8. The molecule has 8 nitrogen and oxygen atoms in total. The molecule has 5 aliphatic heterocycles. The van der Waals surface area contributed by atoms with Gasteiger partial charge in [-0.25, -0.2) is 39.9 Å². The van der Waals surface area contributed by atoms with Crippen molar-refractivity contribution in [3.05, 3.63) is 138 Å².